The van der Waals surface area contributed by atoms with Gasteiger partial charge in [-0.3, -0.25) is 0 Å². The van der Waals surface area contributed by atoms with E-state index in [0.29, 0.717) is 12.2 Å². The largest absolute Gasteiger partial charge is 0.329 e. The predicted molar refractivity (Wildman–Crippen MR) is 55.4 cm³/mol. The monoisotopic (exact) mass is 211 g/mol. The quantitative estimate of drug-likeness (QED) is 0.627. The Kier molecular flexibility index (Phi) is 5.96. The molecule has 0 aliphatic carbocycles. The number of hydrogen-bond acceptors (Lipinski definition) is 4. The molecule has 5 heteroatoms. The van der Waals surface area contributed by atoms with Crippen LogP contribution in [0.25, 0.3) is 0 Å². The number of hydrogen-bond donors (Lipinski definition) is 2. The molecule has 0 spiro atoms. The van der Waals surface area contributed by atoms with Crippen LogP contribution < -0.4 is 5.73 Å². The zero-order valence-electron chi connectivity index (χ0n) is 7.36. The highest BCUT2D eigenvalue weighted by atomic mass is 32.2. The van der Waals surface area contributed by atoms with Crippen molar-refractivity contribution in [2.45, 2.75) is 25.0 Å². The van der Waals surface area contributed by atoms with Gasteiger partial charge in [0.15, 0.2) is 9.84 Å². The molecule has 0 aliphatic rings. The third-order valence-electron chi connectivity index (χ3n) is 1.76. The fourth-order valence-corrected chi connectivity index (χ4v) is 3.22. The van der Waals surface area contributed by atoms with Crippen LogP contribution in [-0.4, -0.2) is 31.7 Å². The first kappa shape index (κ1) is 12.3. The van der Waals surface area contributed by atoms with E-state index < -0.39 is 15.1 Å². The minimum atomic E-state index is -2.99. The zero-order chi connectivity index (χ0) is 9.61. The molecule has 0 bridgehead atoms. The normalized spacial score (nSPS) is 14.6. The van der Waals surface area contributed by atoms with Crippen LogP contribution in [0.2, 0.25) is 0 Å². The fourth-order valence-electron chi connectivity index (χ4n) is 0.847. The topological polar surface area (TPSA) is 60.2 Å². The molecular formula is C7H17NO2S2. The summed E-state index contributed by atoms with van der Waals surface area (Å²) in [5.74, 6) is 0.564. The zero-order valence-corrected chi connectivity index (χ0v) is 9.07. The summed E-state index contributed by atoms with van der Waals surface area (Å²) in [5, 5.41) is -0.465. The van der Waals surface area contributed by atoms with Gasteiger partial charge in [-0.2, -0.15) is 12.6 Å². The molecular weight excluding hydrogens is 194 g/mol. The van der Waals surface area contributed by atoms with Gasteiger partial charge in [0.1, 0.15) is 0 Å². The Morgan fingerprint density at radius 2 is 2.08 bits per heavy atom. The minimum Gasteiger partial charge on any atom is -0.329 e. The van der Waals surface area contributed by atoms with Crippen LogP contribution >= 0.6 is 12.6 Å². The Labute approximate surface area is 80.0 Å². The van der Waals surface area contributed by atoms with Gasteiger partial charge in [-0.25, -0.2) is 8.42 Å². The van der Waals surface area contributed by atoms with E-state index in [1.165, 1.54) is 0 Å². The van der Waals surface area contributed by atoms with Crippen molar-refractivity contribution in [3.8, 4) is 0 Å². The molecule has 0 rings (SSSR count). The summed E-state index contributed by atoms with van der Waals surface area (Å²) in [4.78, 5) is 0. The van der Waals surface area contributed by atoms with Gasteiger partial charge in [0, 0.05) is 12.3 Å². The third-order valence-corrected chi connectivity index (χ3v) is 4.68. The van der Waals surface area contributed by atoms with Crippen LogP contribution in [0, 0.1) is 0 Å². The molecule has 2 N–H and O–H groups in total. The highest BCUT2D eigenvalue weighted by Crippen LogP contribution is 2.06. The number of rotatable bonds is 6. The minimum absolute atomic E-state index is 0.176. The lowest BCUT2D eigenvalue weighted by molar-refractivity contribution is 0.581. The molecule has 0 saturated heterocycles. The molecule has 0 heterocycles. The van der Waals surface area contributed by atoms with E-state index in [1.807, 2.05) is 6.92 Å². The molecule has 0 aromatic rings. The van der Waals surface area contributed by atoms with Crippen molar-refractivity contribution in [2.75, 3.05) is 18.1 Å². The van der Waals surface area contributed by atoms with Crippen LogP contribution in [0.15, 0.2) is 0 Å². The van der Waals surface area contributed by atoms with E-state index in [2.05, 4.69) is 12.6 Å². The summed E-state index contributed by atoms with van der Waals surface area (Å²) >= 11 is 3.95. The van der Waals surface area contributed by atoms with E-state index in [-0.39, 0.29) is 12.3 Å². The van der Waals surface area contributed by atoms with Gasteiger partial charge < -0.3 is 5.73 Å². The lowest BCUT2D eigenvalue weighted by Crippen LogP contribution is -2.33. The van der Waals surface area contributed by atoms with Crippen molar-refractivity contribution in [3.05, 3.63) is 0 Å². The summed E-state index contributed by atoms with van der Waals surface area (Å²) in [6.45, 7) is 2.14. The predicted octanol–water partition coefficient (Wildman–Crippen LogP) is 0.458. The van der Waals surface area contributed by atoms with Gasteiger partial charge in [-0.1, -0.05) is 13.3 Å². The summed E-state index contributed by atoms with van der Waals surface area (Å²) in [6, 6.07) is 0. The van der Waals surface area contributed by atoms with Gasteiger partial charge in [0.25, 0.3) is 0 Å². The van der Waals surface area contributed by atoms with Gasteiger partial charge in [-0.05, 0) is 6.42 Å². The van der Waals surface area contributed by atoms with Crippen molar-refractivity contribution < 1.29 is 8.42 Å². The van der Waals surface area contributed by atoms with E-state index in [9.17, 15) is 8.42 Å². The summed E-state index contributed by atoms with van der Waals surface area (Å²) in [6.07, 6.45) is 1.61. The maximum atomic E-state index is 11.4. The second-order valence-corrected chi connectivity index (χ2v) is 5.53. The molecule has 0 radical (unpaired) electrons. The van der Waals surface area contributed by atoms with Crippen molar-refractivity contribution in [3.63, 3.8) is 0 Å². The standard InChI is InChI=1S/C7H17NO2S2/c1-2-3-4-12(9,10)7(5-8)6-11/h7,11H,2-6,8H2,1H3. The fraction of sp³-hybridized carbons (Fsp3) is 1.00. The molecule has 12 heavy (non-hydrogen) atoms. The Balaban J connectivity index is 4.17. The number of thiol groups is 1. The van der Waals surface area contributed by atoms with Crippen LogP contribution in [-0.2, 0) is 9.84 Å². The Morgan fingerprint density at radius 1 is 1.50 bits per heavy atom. The Morgan fingerprint density at radius 3 is 2.42 bits per heavy atom. The molecule has 3 nitrogen and oxygen atoms in total. The van der Waals surface area contributed by atoms with Gasteiger partial charge in [-0.15, -0.1) is 0 Å². The first-order valence-corrected chi connectivity index (χ1v) is 6.45. The maximum absolute atomic E-state index is 11.4. The Hall–Kier alpha value is 0.260. The average Bonchev–Trinajstić information content (AvgIpc) is 2.03. The third kappa shape index (κ3) is 3.78. The number of sulfone groups is 1. The summed E-state index contributed by atoms with van der Waals surface area (Å²) < 4.78 is 22.8. The van der Waals surface area contributed by atoms with Crippen LogP contribution in [0.4, 0.5) is 0 Å². The maximum Gasteiger partial charge on any atom is 0.155 e. The average molecular weight is 211 g/mol. The van der Waals surface area contributed by atoms with Gasteiger partial charge in [0.2, 0.25) is 0 Å². The van der Waals surface area contributed by atoms with E-state index in [1.54, 1.807) is 0 Å². The highest BCUT2D eigenvalue weighted by Gasteiger charge is 2.21. The molecule has 0 amide bonds. The molecule has 0 aromatic heterocycles. The summed E-state index contributed by atoms with van der Waals surface area (Å²) in [5.41, 5.74) is 5.31. The molecule has 0 fully saturated rings. The second kappa shape index (κ2) is 5.83. The van der Waals surface area contributed by atoms with Crippen LogP contribution in [0.1, 0.15) is 19.8 Å². The van der Waals surface area contributed by atoms with Crippen molar-refractivity contribution in [2.24, 2.45) is 5.73 Å². The Bertz CT molecular complexity index is 197. The first-order chi connectivity index (χ1) is 5.58. The lowest BCUT2D eigenvalue weighted by atomic mass is 10.4. The first-order valence-electron chi connectivity index (χ1n) is 4.11. The summed E-state index contributed by atoms with van der Waals surface area (Å²) in [7, 11) is -2.99. The molecule has 74 valence electrons. The van der Waals surface area contributed by atoms with Crippen LogP contribution in [0.3, 0.4) is 0 Å². The van der Waals surface area contributed by atoms with Crippen molar-refractivity contribution in [1.82, 2.24) is 0 Å². The molecule has 0 aliphatic heterocycles. The SMILES string of the molecule is CCCCS(=O)(=O)C(CN)CS. The van der Waals surface area contributed by atoms with E-state index in [0.717, 1.165) is 6.42 Å². The molecule has 0 aromatic carbocycles. The molecule has 1 unspecified atom stereocenters. The molecule has 0 saturated carbocycles. The van der Waals surface area contributed by atoms with Crippen LogP contribution in [0.5, 0.6) is 0 Å². The number of nitrogens with two attached hydrogens (primary N) is 1. The number of unbranched alkanes of at least 4 members (excludes halogenated alkanes) is 1. The lowest BCUT2D eigenvalue weighted by Gasteiger charge is -2.12. The van der Waals surface area contributed by atoms with E-state index >= 15 is 0 Å². The van der Waals surface area contributed by atoms with Crippen molar-refractivity contribution in [1.29, 1.82) is 0 Å². The van der Waals surface area contributed by atoms with E-state index in [4.69, 9.17) is 5.73 Å². The van der Waals surface area contributed by atoms with Gasteiger partial charge >= 0.3 is 0 Å². The smallest absolute Gasteiger partial charge is 0.155 e. The van der Waals surface area contributed by atoms with Crippen molar-refractivity contribution >= 4 is 22.5 Å². The second-order valence-electron chi connectivity index (χ2n) is 2.76. The molecule has 1 atom stereocenters. The van der Waals surface area contributed by atoms with Gasteiger partial charge in [0.05, 0.1) is 11.0 Å². The highest BCUT2D eigenvalue weighted by molar-refractivity contribution is 7.93.